The third-order valence-electron chi connectivity index (χ3n) is 5.03. The summed E-state index contributed by atoms with van der Waals surface area (Å²) in [7, 11) is 0. The molecule has 1 heterocycles. The molecule has 2 aromatic rings. The van der Waals surface area contributed by atoms with Crippen molar-refractivity contribution in [1.29, 1.82) is 0 Å². The number of halogens is 4. The standard InChI is InChI=1S/C22H23ClF3N3O4S/c1-21(32,22(24,25)26)20(31)28-18-7-6-16(12-17(18)23)34-15-4-2-14(3-5-15)27-19(30)13-29-8-10-33-11-9-29/h2-7,12,32H,8-11,13H2,1H3,(H,27,30)(H,28,31)/t21-/m1/s1. The van der Waals surface area contributed by atoms with Crippen molar-refractivity contribution in [3.05, 3.63) is 47.5 Å². The summed E-state index contributed by atoms with van der Waals surface area (Å²) in [6.07, 6.45) is -5.13. The second-order valence-corrected chi connectivity index (χ2v) is 9.28. The first-order chi connectivity index (χ1) is 16.0. The molecule has 1 saturated heterocycles. The van der Waals surface area contributed by atoms with Gasteiger partial charge in [-0.3, -0.25) is 14.5 Å². The summed E-state index contributed by atoms with van der Waals surface area (Å²) in [5, 5.41) is 14.3. The zero-order chi connectivity index (χ0) is 24.9. The normalized spacial score (nSPS) is 16.5. The Kier molecular flexibility index (Phi) is 8.47. The fourth-order valence-electron chi connectivity index (χ4n) is 2.94. The van der Waals surface area contributed by atoms with Gasteiger partial charge in [-0.05, 0) is 49.4 Å². The number of alkyl halides is 3. The molecule has 2 amide bonds. The van der Waals surface area contributed by atoms with Gasteiger partial charge < -0.3 is 20.5 Å². The number of benzene rings is 2. The molecule has 7 nitrogen and oxygen atoms in total. The molecular formula is C22H23ClF3N3O4S. The summed E-state index contributed by atoms with van der Waals surface area (Å²) in [5.41, 5.74) is -2.96. The van der Waals surface area contributed by atoms with Gasteiger partial charge in [0, 0.05) is 28.6 Å². The molecule has 1 fully saturated rings. The van der Waals surface area contributed by atoms with E-state index in [0.717, 1.165) is 18.0 Å². The third-order valence-corrected chi connectivity index (χ3v) is 6.34. The fourth-order valence-corrected chi connectivity index (χ4v) is 4.09. The first-order valence-corrected chi connectivity index (χ1v) is 11.4. The van der Waals surface area contributed by atoms with E-state index in [4.69, 9.17) is 16.3 Å². The first kappa shape index (κ1) is 26.3. The number of rotatable bonds is 7. The molecule has 12 heteroatoms. The highest BCUT2D eigenvalue weighted by atomic mass is 35.5. The Morgan fingerprint density at radius 2 is 1.71 bits per heavy atom. The Bertz CT molecular complexity index is 1030. The summed E-state index contributed by atoms with van der Waals surface area (Å²) in [5.74, 6) is -1.75. The van der Waals surface area contributed by atoms with Gasteiger partial charge >= 0.3 is 6.18 Å². The van der Waals surface area contributed by atoms with Crippen molar-refractivity contribution >= 4 is 46.6 Å². The van der Waals surface area contributed by atoms with Gasteiger partial charge in [0.1, 0.15) is 0 Å². The van der Waals surface area contributed by atoms with Crippen molar-refractivity contribution in [1.82, 2.24) is 4.90 Å². The summed E-state index contributed by atoms with van der Waals surface area (Å²) in [6, 6.07) is 11.5. The summed E-state index contributed by atoms with van der Waals surface area (Å²) >= 11 is 7.45. The van der Waals surface area contributed by atoms with Crippen LogP contribution in [-0.4, -0.2) is 66.4 Å². The molecule has 0 bridgehead atoms. The second kappa shape index (κ2) is 11.0. The quantitative estimate of drug-likeness (QED) is 0.514. The number of nitrogens with zero attached hydrogens (tertiary/aromatic N) is 1. The molecule has 0 radical (unpaired) electrons. The number of carbonyl (C=O) groups is 2. The van der Waals surface area contributed by atoms with E-state index in [1.165, 1.54) is 23.9 Å². The largest absolute Gasteiger partial charge is 0.426 e. The van der Waals surface area contributed by atoms with Gasteiger partial charge in [0.05, 0.1) is 30.5 Å². The zero-order valence-electron chi connectivity index (χ0n) is 18.1. The van der Waals surface area contributed by atoms with Crippen molar-refractivity contribution in [2.75, 3.05) is 43.5 Å². The van der Waals surface area contributed by atoms with Gasteiger partial charge in [0.2, 0.25) is 11.5 Å². The lowest BCUT2D eigenvalue weighted by molar-refractivity contribution is -0.242. The number of aliphatic hydroxyl groups is 1. The number of hydrogen-bond donors (Lipinski definition) is 3. The van der Waals surface area contributed by atoms with Crippen molar-refractivity contribution in [2.45, 2.75) is 28.5 Å². The fraction of sp³-hybridized carbons (Fsp3) is 0.364. The van der Waals surface area contributed by atoms with Gasteiger partial charge in [0.25, 0.3) is 5.91 Å². The first-order valence-electron chi connectivity index (χ1n) is 10.2. The second-order valence-electron chi connectivity index (χ2n) is 7.73. The molecule has 1 atom stereocenters. The Hall–Kier alpha value is -2.31. The molecule has 2 aromatic carbocycles. The van der Waals surface area contributed by atoms with Crippen LogP contribution in [-0.2, 0) is 14.3 Å². The van der Waals surface area contributed by atoms with E-state index in [0.29, 0.717) is 37.3 Å². The summed E-state index contributed by atoms with van der Waals surface area (Å²) in [6.45, 7) is 3.33. The lowest BCUT2D eigenvalue weighted by Gasteiger charge is -2.25. The van der Waals surface area contributed by atoms with Crippen LogP contribution in [0.4, 0.5) is 24.5 Å². The Balaban J connectivity index is 1.57. The van der Waals surface area contributed by atoms with Crippen LogP contribution in [0.25, 0.3) is 0 Å². The highest BCUT2D eigenvalue weighted by Gasteiger charge is 2.55. The number of amides is 2. The van der Waals surface area contributed by atoms with Crippen molar-refractivity contribution in [2.24, 2.45) is 0 Å². The minimum absolute atomic E-state index is 0.0170. The molecule has 3 rings (SSSR count). The van der Waals surface area contributed by atoms with E-state index in [1.54, 1.807) is 30.3 Å². The lowest BCUT2D eigenvalue weighted by Crippen LogP contribution is -2.52. The van der Waals surface area contributed by atoms with Crippen molar-refractivity contribution in [3.63, 3.8) is 0 Å². The van der Waals surface area contributed by atoms with E-state index in [9.17, 15) is 27.9 Å². The number of nitrogens with one attached hydrogen (secondary N) is 2. The van der Waals surface area contributed by atoms with E-state index in [-0.39, 0.29) is 16.6 Å². The predicted octanol–water partition coefficient (Wildman–Crippen LogP) is 4.01. The van der Waals surface area contributed by atoms with Gasteiger partial charge in [0.15, 0.2) is 0 Å². The highest BCUT2D eigenvalue weighted by Crippen LogP contribution is 2.35. The van der Waals surface area contributed by atoms with E-state index in [2.05, 4.69) is 5.32 Å². The van der Waals surface area contributed by atoms with E-state index < -0.39 is 17.7 Å². The van der Waals surface area contributed by atoms with Gasteiger partial charge in [-0.15, -0.1) is 0 Å². The number of carbonyl (C=O) groups excluding carboxylic acids is 2. The third kappa shape index (κ3) is 6.86. The topological polar surface area (TPSA) is 90.9 Å². The maximum Gasteiger partial charge on any atom is 0.426 e. The van der Waals surface area contributed by atoms with Crippen LogP contribution in [0.15, 0.2) is 52.3 Å². The number of ether oxygens (including phenoxy) is 1. The highest BCUT2D eigenvalue weighted by molar-refractivity contribution is 7.99. The van der Waals surface area contributed by atoms with Crippen LogP contribution in [0.3, 0.4) is 0 Å². The number of hydrogen-bond acceptors (Lipinski definition) is 6. The Morgan fingerprint density at radius 3 is 2.29 bits per heavy atom. The molecule has 0 unspecified atom stereocenters. The summed E-state index contributed by atoms with van der Waals surface area (Å²) < 4.78 is 43.7. The maximum atomic E-state index is 12.8. The van der Waals surface area contributed by atoms with Crippen LogP contribution in [0, 0.1) is 0 Å². The molecule has 0 aromatic heterocycles. The molecule has 0 spiro atoms. The molecule has 34 heavy (non-hydrogen) atoms. The van der Waals surface area contributed by atoms with E-state index in [1.807, 2.05) is 10.2 Å². The minimum atomic E-state index is -5.13. The van der Waals surface area contributed by atoms with Crippen LogP contribution < -0.4 is 10.6 Å². The zero-order valence-corrected chi connectivity index (χ0v) is 19.7. The van der Waals surface area contributed by atoms with Crippen molar-refractivity contribution in [3.8, 4) is 0 Å². The Labute approximate surface area is 203 Å². The molecule has 1 aliphatic heterocycles. The minimum Gasteiger partial charge on any atom is -0.379 e. The monoisotopic (exact) mass is 517 g/mol. The average molecular weight is 518 g/mol. The molecule has 0 aliphatic carbocycles. The molecular weight excluding hydrogens is 495 g/mol. The van der Waals surface area contributed by atoms with Gasteiger partial charge in [-0.2, -0.15) is 13.2 Å². The van der Waals surface area contributed by atoms with Crippen LogP contribution in [0.2, 0.25) is 5.02 Å². The molecule has 1 aliphatic rings. The predicted molar refractivity (Wildman–Crippen MR) is 123 cm³/mol. The number of morpholine rings is 1. The van der Waals surface area contributed by atoms with Crippen LogP contribution >= 0.6 is 23.4 Å². The lowest BCUT2D eigenvalue weighted by atomic mass is 10.1. The molecule has 184 valence electrons. The number of anilines is 2. The van der Waals surface area contributed by atoms with Crippen molar-refractivity contribution < 1.29 is 32.6 Å². The van der Waals surface area contributed by atoms with Gasteiger partial charge in [-0.1, -0.05) is 23.4 Å². The summed E-state index contributed by atoms with van der Waals surface area (Å²) in [4.78, 5) is 27.6. The molecule has 3 N–H and O–H groups in total. The van der Waals surface area contributed by atoms with Gasteiger partial charge in [-0.25, -0.2) is 0 Å². The SMILES string of the molecule is C[C@@](O)(C(=O)Nc1ccc(Sc2ccc(NC(=O)CN3CCOCC3)cc2)cc1Cl)C(F)(F)F. The average Bonchev–Trinajstić information content (AvgIpc) is 2.76. The van der Waals surface area contributed by atoms with Crippen LogP contribution in [0.5, 0.6) is 0 Å². The van der Waals surface area contributed by atoms with E-state index >= 15 is 0 Å². The maximum absolute atomic E-state index is 12.8. The molecule has 0 saturated carbocycles. The Morgan fingerprint density at radius 1 is 1.09 bits per heavy atom. The smallest absolute Gasteiger partial charge is 0.379 e. The van der Waals surface area contributed by atoms with Crippen LogP contribution in [0.1, 0.15) is 6.92 Å².